The number of alkyl halides is 2. The first-order chi connectivity index (χ1) is 14.6. The number of carbonyl (C=O) groups is 1. The molecular weight excluding hydrogens is 454 g/mol. The fourth-order valence-electron chi connectivity index (χ4n) is 3.76. The molecule has 4 rings (SSSR count). The number of piperazine rings is 1. The molecule has 0 spiro atoms. The number of halogens is 3. The van der Waals surface area contributed by atoms with Gasteiger partial charge in [0, 0.05) is 39.1 Å². The van der Waals surface area contributed by atoms with Crippen molar-refractivity contribution in [3.63, 3.8) is 0 Å². The summed E-state index contributed by atoms with van der Waals surface area (Å²) in [7, 11) is -2.04. The Kier molecular flexibility index (Phi) is 5.81. The average molecular weight is 477 g/mol. The third-order valence-corrected chi connectivity index (χ3v) is 8.20. The Bertz CT molecular complexity index is 1100. The predicted octanol–water partition coefficient (Wildman–Crippen LogP) is 1.93. The second-order valence-electron chi connectivity index (χ2n) is 7.82. The van der Waals surface area contributed by atoms with Crippen LogP contribution in [0.15, 0.2) is 11.1 Å². The molecule has 3 heterocycles. The van der Waals surface area contributed by atoms with E-state index < -0.39 is 22.1 Å². The number of nitrogens with zero attached hydrogens (tertiary/aromatic N) is 6. The first-order valence-electron chi connectivity index (χ1n) is 9.92. The first kappa shape index (κ1) is 22.2. The van der Waals surface area contributed by atoms with Crippen molar-refractivity contribution in [1.82, 2.24) is 28.8 Å². The van der Waals surface area contributed by atoms with Gasteiger partial charge in [0.05, 0.1) is 22.6 Å². The molecule has 0 radical (unpaired) electrons. The molecule has 9 nitrogen and oxygen atoms in total. The summed E-state index contributed by atoms with van der Waals surface area (Å²) in [5.41, 5.74) is 0.522. The van der Waals surface area contributed by atoms with Crippen molar-refractivity contribution < 1.29 is 22.0 Å². The van der Waals surface area contributed by atoms with Crippen molar-refractivity contribution in [2.45, 2.75) is 43.5 Å². The molecule has 0 N–H and O–H groups in total. The number of hydrogen-bond acceptors (Lipinski definition) is 5. The highest BCUT2D eigenvalue weighted by Gasteiger charge is 2.36. The van der Waals surface area contributed by atoms with E-state index in [0.717, 1.165) is 12.8 Å². The maximum atomic E-state index is 13.2. The summed E-state index contributed by atoms with van der Waals surface area (Å²) in [5, 5.41) is 7.81. The molecule has 1 amide bonds. The van der Waals surface area contributed by atoms with Gasteiger partial charge in [-0.1, -0.05) is 11.6 Å². The molecule has 1 aliphatic carbocycles. The van der Waals surface area contributed by atoms with Crippen LogP contribution in [0.3, 0.4) is 0 Å². The van der Waals surface area contributed by atoms with Crippen LogP contribution in [-0.4, -0.2) is 69.3 Å². The lowest BCUT2D eigenvalue weighted by Gasteiger charge is -2.34. The third kappa shape index (κ3) is 4.08. The van der Waals surface area contributed by atoms with E-state index in [9.17, 15) is 22.0 Å². The van der Waals surface area contributed by atoms with Gasteiger partial charge < -0.3 is 4.90 Å². The van der Waals surface area contributed by atoms with E-state index in [2.05, 4.69) is 10.2 Å². The van der Waals surface area contributed by atoms with Crippen molar-refractivity contribution in [2.24, 2.45) is 7.05 Å². The highest BCUT2D eigenvalue weighted by atomic mass is 35.5. The molecule has 2 fully saturated rings. The van der Waals surface area contributed by atoms with Gasteiger partial charge in [0.25, 0.3) is 6.43 Å². The van der Waals surface area contributed by atoms with Crippen LogP contribution in [-0.2, 0) is 28.4 Å². The van der Waals surface area contributed by atoms with Gasteiger partial charge in [-0.3, -0.25) is 14.2 Å². The number of amides is 1. The van der Waals surface area contributed by atoms with E-state index in [1.807, 2.05) is 0 Å². The van der Waals surface area contributed by atoms with Crippen LogP contribution < -0.4 is 0 Å². The Morgan fingerprint density at radius 1 is 1.26 bits per heavy atom. The summed E-state index contributed by atoms with van der Waals surface area (Å²) in [6.45, 7) is 2.16. The molecule has 1 saturated heterocycles. The summed E-state index contributed by atoms with van der Waals surface area (Å²) in [6.07, 6.45) is 0.161. The number of carbonyl (C=O) groups excluding carboxylic acids is 1. The van der Waals surface area contributed by atoms with E-state index in [-0.39, 0.29) is 54.5 Å². The van der Waals surface area contributed by atoms with Gasteiger partial charge in [-0.25, -0.2) is 17.2 Å². The normalized spacial score (nSPS) is 18.2. The van der Waals surface area contributed by atoms with Gasteiger partial charge in [-0.15, -0.1) is 0 Å². The number of aryl methyl sites for hydroxylation is 1. The molecular formula is C18H23ClF2N6O3S. The Morgan fingerprint density at radius 3 is 2.42 bits per heavy atom. The Labute approximate surface area is 183 Å². The lowest BCUT2D eigenvalue weighted by molar-refractivity contribution is -0.133. The van der Waals surface area contributed by atoms with Crippen LogP contribution in [0.25, 0.3) is 0 Å². The zero-order valence-corrected chi connectivity index (χ0v) is 18.7. The standard InChI is InChI=1S/C18H23ClF2N6O3S/c1-11-13(9-22-24(11)2)31(29,30)26-7-5-25(6-8-26)14(28)10-27-17(12-3-4-12)15(19)16(23-27)18(20)21/h9,12,18H,3-8,10H2,1-2H3. The molecule has 2 aliphatic rings. The monoisotopic (exact) mass is 476 g/mol. The molecule has 170 valence electrons. The maximum absolute atomic E-state index is 13.2. The fourth-order valence-corrected chi connectivity index (χ4v) is 5.74. The predicted molar refractivity (Wildman–Crippen MR) is 107 cm³/mol. The molecule has 13 heteroatoms. The van der Waals surface area contributed by atoms with Gasteiger partial charge in [0.2, 0.25) is 15.9 Å². The average Bonchev–Trinajstić information content (AvgIpc) is 3.42. The van der Waals surface area contributed by atoms with Crippen molar-refractivity contribution in [3.05, 3.63) is 28.3 Å². The summed E-state index contributed by atoms with van der Waals surface area (Å²) < 4.78 is 56.3. The Hall–Kier alpha value is -2.05. The molecule has 31 heavy (non-hydrogen) atoms. The molecule has 2 aromatic heterocycles. The highest BCUT2D eigenvalue weighted by molar-refractivity contribution is 7.89. The van der Waals surface area contributed by atoms with Crippen molar-refractivity contribution >= 4 is 27.5 Å². The molecule has 0 bridgehead atoms. The van der Waals surface area contributed by atoms with Gasteiger partial charge >= 0.3 is 0 Å². The van der Waals surface area contributed by atoms with Gasteiger partial charge in [0.15, 0.2) is 0 Å². The zero-order valence-electron chi connectivity index (χ0n) is 17.1. The van der Waals surface area contributed by atoms with E-state index in [4.69, 9.17) is 11.6 Å². The maximum Gasteiger partial charge on any atom is 0.283 e. The van der Waals surface area contributed by atoms with Crippen LogP contribution in [0.1, 0.15) is 42.3 Å². The second kappa shape index (κ2) is 8.14. The lowest BCUT2D eigenvalue weighted by Crippen LogP contribution is -2.51. The van der Waals surface area contributed by atoms with Gasteiger partial charge in [-0.05, 0) is 19.8 Å². The van der Waals surface area contributed by atoms with Gasteiger partial charge in [-0.2, -0.15) is 14.5 Å². The minimum atomic E-state index is -3.71. The summed E-state index contributed by atoms with van der Waals surface area (Å²) in [6, 6.07) is 0. The largest absolute Gasteiger partial charge is 0.338 e. The van der Waals surface area contributed by atoms with Crippen LogP contribution in [0.5, 0.6) is 0 Å². The molecule has 0 atom stereocenters. The molecule has 1 saturated carbocycles. The number of hydrogen-bond donors (Lipinski definition) is 0. The zero-order chi connectivity index (χ0) is 22.5. The van der Waals surface area contributed by atoms with Crippen LogP contribution in [0, 0.1) is 6.92 Å². The second-order valence-corrected chi connectivity index (χ2v) is 10.1. The van der Waals surface area contributed by atoms with E-state index in [0.29, 0.717) is 11.4 Å². The molecule has 2 aromatic rings. The smallest absolute Gasteiger partial charge is 0.283 e. The number of rotatable bonds is 6. The SMILES string of the molecule is Cc1c(S(=O)(=O)N2CCN(C(=O)Cn3nc(C(F)F)c(Cl)c3C3CC3)CC2)cnn1C. The van der Waals surface area contributed by atoms with E-state index in [1.165, 1.54) is 24.8 Å². The molecule has 0 aromatic carbocycles. The summed E-state index contributed by atoms with van der Waals surface area (Å²) in [4.78, 5) is 14.5. The summed E-state index contributed by atoms with van der Waals surface area (Å²) >= 11 is 6.10. The van der Waals surface area contributed by atoms with E-state index in [1.54, 1.807) is 14.0 Å². The van der Waals surface area contributed by atoms with Crippen LogP contribution >= 0.6 is 11.6 Å². The fraction of sp³-hybridized carbons (Fsp3) is 0.611. The van der Waals surface area contributed by atoms with Crippen LogP contribution in [0.2, 0.25) is 5.02 Å². The first-order valence-corrected chi connectivity index (χ1v) is 11.7. The minimum Gasteiger partial charge on any atom is -0.338 e. The Balaban J connectivity index is 1.44. The number of aromatic nitrogens is 4. The highest BCUT2D eigenvalue weighted by Crippen LogP contribution is 2.45. The summed E-state index contributed by atoms with van der Waals surface area (Å²) in [5.74, 6) is -0.262. The van der Waals surface area contributed by atoms with E-state index >= 15 is 0 Å². The molecule has 1 aliphatic heterocycles. The van der Waals surface area contributed by atoms with Crippen molar-refractivity contribution in [3.8, 4) is 0 Å². The molecule has 0 unspecified atom stereocenters. The minimum absolute atomic E-state index is 0.0463. The topological polar surface area (TPSA) is 93.3 Å². The Morgan fingerprint density at radius 2 is 1.90 bits per heavy atom. The van der Waals surface area contributed by atoms with Crippen LogP contribution in [0.4, 0.5) is 8.78 Å². The van der Waals surface area contributed by atoms with Crippen molar-refractivity contribution in [1.29, 1.82) is 0 Å². The van der Waals surface area contributed by atoms with Gasteiger partial charge in [0.1, 0.15) is 17.1 Å². The number of sulfonamides is 1. The van der Waals surface area contributed by atoms with Crippen molar-refractivity contribution in [2.75, 3.05) is 26.2 Å². The quantitative estimate of drug-likeness (QED) is 0.635. The lowest BCUT2D eigenvalue weighted by atomic mass is 10.2. The third-order valence-electron chi connectivity index (χ3n) is 5.81.